The third-order valence-corrected chi connectivity index (χ3v) is 2.87. The van der Waals surface area contributed by atoms with Crippen molar-refractivity contribution in [2.24, 2.45) is 0 Å². The Morgan fingerprint density at radius 2 is 1.67 bits per heavy atom. The Kier molecular flexibility index (Phi) is 3.61. The van der Waals surface area contributed by atoms with Gasteiger partial charge in [0.15, 0.2) is 0 Å². The van der Waals surface area contributed by atoms with E-state index >= 15 is 0 Å². The molecule has 0 amide bonds. The Bertz CT molecular complexity index is 676. The highest BCUT2D eigenvalue weighted by Crippen LogP contribution is 2.26. The molecule has 0 aliphatic rings. The van der Waals surface area contributed by atoms with Crippen molar-refractivity contribution in [3.05, 3.63) is 46.6 Å². The van der Waals surface area contributed by atoms with E-state index in [1.807, 2.05) is 20.8 Å². The molecule has 0 aliphatic heterocycles. The fraction of sp³-hybridized carbons (Fsp3) is 0.357. The average Bonchev–Trinajstić information content (AvgIpc) is 2.70. The fourth-order valence-electron chi connectivity index (χ4n) is 1.97. The third-order valence-electron chi connectivity index (χ3n) is 2.87. The lowest BCUT2D eigenvalue weighted by Crippen LogP contribution is -2.23. The van der Waals surface area contributed by atoms with Gasteiger partial charge in [-0.15, -0.1) is 13.2 Å². The lowest BCUT2D eigenvalue weighted by Gasteiger charge is -2.20. The first-order chi connectivity index (χ1) is 9.58. The van der Waals surface area contributed by atoms with Gasteiger partial charge < -0.3 is 9.72 Å². The molecular weight excluding hydrogens is 285 g/mol. The van der Waals surface area contributed by atoms with E-state index in [1.54, 1.807) is 6.20 Å². The number of benzene rings is 1. The molecule has 1 N–H and O–H groups in total. The van der Waals surface area contributed by atoms with Gasteiger partial charge in [-0.05, 0) is 24.3 Å². The van der Waals surface area contributed by atoms with Crippen LogP contribution in [0.25, 0.3) is 5.69 Å². The molecular formula is C14H15F3N2O2. The van der Waals surface area contributed by atoms with Crippen LogP contribution in [0.1, 0.15) is 26.5 Å². The summed E-state index contributed by atoms with van der Waals surface area (Å²) in [6.07, 6.45) is -3.13. The van der Waals surface area contributed by atoms with Gasteiger partial charge in [0.2, 0.25) is 0 Å². The number of nitrogens with one attached hydrogen (secondary N) is 1. The van der Waals surface area contributed by atoms with Crippen molar-refractivity contribution in [1.29, 1.82) is 0 Å². The number of aromatic amines is 1. The zero-order chi connectivity index (χ0) is 15.8. The Morgan fingerprint density at radius 3 is 2.14 bits per heavy atom. The third kappa shape index (κ3) is 3.48. The molecule has 21 heavy (non-hydrogen) atoms. The second kappa shape index (κ2) is 4.98. The minimum absolute atomic E-state index is 0.291. The van der Waals surface area contributed by atoms with Crippen molar-refractivity contribution in [3.8, 4) is 11.4 Å². The molecule has 1 heterocycles. The quantitative estimate of drug-likeness (QED) is 0.924. The molecule has 1 aromatic heterocycles. The van der Waals surface area contributed by atoms with Crippen LogP contribution in [-0.4, -0.2) is 15.9 Å². The second-order valence-electron chi connectivity index (χ2n) is 5.61. The van der Waals surface area contributed by atoms with Crippen LogP contribution in [0.2, 0.25) is 0 Å². The van der Waals surface area contributed by atoms with Crippen LogP contribution in [-0.2, 0) is 5.41 Å². The van der Waals surface area contributed by atoms with Crippen LogP contribution < -0.4 is 10.4 Å². The van der Waals surface area contributed by atoms with E-state index < -0.39 is 6.36 Å². The van der Waals surface area contributed by atoms with Gasteiger partial charge in [0.05, 0.1) is 5.69 Å². The first kappa shape index (κ1) is 15.2. The van der Waals surface area contributed by atoms with Crippen LogP contribution in [0.4, 0.5) is 13.2 Å². The van der Waals surface area contributed by atoms with Crippen molar-refractivity contribution >= 4 is 0 Å². The summed E-state index contributed by atoms with van der Waals surface area (Å²) >= 11 is 0. The minimum atomic E-state index is -4.73. The molecule has 4 nitrogen and oxygen atoms in total. The first-order valence-electron chi connectivity index (χ1n) is 6.25. The molecule has 0 radical (unpaired) electrons. The summed E-state index contributed by atoms with van der Waals surface area (Å²) in [5.41, 5.74) is 0.572. The van der Waals surface area contributed by atoms with E-state index in [1.165, 1.54) is 28.8 Å². The Morgan fingerprint density at radius 1 is 1.10 bits per heavy atom. The summed E-state index contributed by atoms with van der Waals surface area (Å²) in [5.74, 6) is -0.327. The monoisotopic (exact) mass is 300 g/mol. The number of alkyl halides is 3. The molecule has 0 aliphatic carbocycles. The molecule has 7 heteroatoms. The van der Waals surface area contributed by atoms with Crippen molar-refractivity contribution in [2.45, 2.75) is 32.5 Å². The predicted octanol–water partition coefficient (Wildman–Crippen LogP) is 3.36. The smallest absolute Gasteiger partial charge is 0.406 e. The van der Waals surface area contributed by atoms with Crippen molar-refractivity contribution in [2.75, 3.05) is 0 Å². The number of nitrogens with zero attached hydrogens (tertiary/aromatic N) is 1. The zero-order valence-electron chi connectivity index (χ0n) is 11.8. The summed E-state index contributed by atoms with van der Waals surface area (Å²) in [5, 5.41) is 0. The van der Waals surface area contributed by atoms with Crippen LogP contribution in [0, 0.1) is 0 Å². The van der Waals surface area contributed by atoms with Crippen LogP contribution in [0.3, 0.4) is 0 Å². The van der Waals surface area contributed by atoms with Crippen LogP contribution in [0.15, 0.2) is 35.3 Å². The molecule has 2 rings (SSSR count). The zero-order valence-corrected chi connectivity index (χ0v) is 11.8. The first-order valence-corrected chi connectivity index (χ1v) is 6.25. The summed E-state index contributed by atoms with van der Waals surface area (Å²) in [7, 11) is 0. The van der Waals surface area contributed by atoms with Gasteiger partial charge >= 0.3 is 12.1 Å². The molecule has 2 aromatic rings. The molecule has 0 spiro atoms. The van der Waals surface area contributed by atoms with Crippen molar-refractivity contribution in [1.82, 2.24) is 9.55 Å². The summed E-state index contributed by atoms with van der Waals surface area (Å²) in [6, 6.07) is 5.17. The lowest BCUT2D eigenvalue weighted by molar-refractivity contribution is -0.274. The molecule has 0 saturated heterocycles. The Labute approximate surface area is 119 Å². The van der Waals surface area contributed by atoms with E-state index in [0.717, 1.165) is 5.69 Å². The van der Waals surface area contributed by atoms with E-state index in [9.17, 15) is 18.0 Å². The molecule has 0 bridgehead atoms. The van der Waals surface area contributed by atoms with Crippen molar-refractivity contribution < 1.29 is 17.9 Å². The van der Waals surface area contributed by atoms with E-state index in [-0.39, 0.29) is 16.9 Å². The second-order valence-corrected chi connectivity index (χ2v) is 5.61. The van der Waals surface area contributed by atoms with Gasteiger partial charge in [-0.2, -0.15) is 0 Å². The van der Waals surface area contributed by atoms with Crippen LogP contribution in [0.5, 0.6) is 5.75 Å². The van der Waals surface area contributed by atoms with Gasteiger partial charge in [-0.1, -0.05) is 20.8 Å². The number of hydrogen-bond donors (Lipinski definition) is 1. The fourth-order valence-corrected chi connectivity index (χ4v) is 1.97. The van der Waals surface area contributed by atoms with Gasteiger partial charge in [-0.3, -0.25) is 4.57 Å². The number of imidazole rings is 1. The maximum atomic E-state index is 12.1. The van der Waals surface area contributed by atoms with E-state index in [0.29, 0.717) is 5.69 Å². The summed E-state index contributed by atoms with van der Waals surface area (Å²) in [6.45, 7) is 5.81. The van der Waals surface area contributed by atoms with Gasteiger partial charge in [0.1, 0.15) is 5.75 Å². The number of ether oxygens (including phenoxy) is 1. The average molecular weight is 300 g/mol. The highest BCUT2D eigenvalue weighted by molar-refractivity contribution is 5.39. The van der Waals surface area contributed by atoms with Crippen molar-refractivity contribution in [3.63, 3.8) is 0 Å². The molecule has 0 unspecified atom stereocenters. The molecule has 0 atom stereocenters. The van der Waals surface area contributed by atoms with E-state index in [4.69, 9.17) is 0 Å². The number of halogens is 3. The molecule has 0 fully saturated rings. The highest BCUT2D eigenvalue weighted by atomic mass is 19.4. The van der Waals surface area contributed by atoms with Crippen LogP contribution >= 0.6 is 0 Å². The van der Waals surface area contributed by atoms with Gasteiger partial charge in [-0.25, -0.2) is 4.79 Å². The Balaban J connectivity index is 2.40. The molecule has 114 valence electrons. The summed E-state index contributed by atoms with van der Waals surface area (Å²) < 4.78 is 41.6. The Hall–Kier alpha value is -2.18. The number of aromatic nitrogens is 2. The molecule has 1 aromatic carbocycles. The maximum absolute atomic E-state index is 12.1. The predicted molar refractivity (Wildman–Crippen MR) is 71.8 cm³/mol. The normalized spacial score (nSPS) is 12.5. The lowest BCUT2D eigenvalue weighted by atomic mass is 9.92. The molecule has 0 saturated carbocycles. The van der Waals surface area contributed by atoms with E-state index in [2.05, 4.69) is 9.72 Å². The number of rotatable bonds is 2. The van der Waals surface area contributed by atoms with Gasteiger partial charge in [0.25, 0.3) is 0 Å². The standard InChI is InChI=1S/C14H15F3N2O2/c1-13(2,3)11-8-18-12(20)19(11)9-4-6-10(7-5-9)21-14(15,16)17/h4-8H,1-3H3,(H,18,20). The number of H-pyrrole nitrogens is 1. The minimum Gasteiger partial charge on any atom is -0.406 e. The van der Waals surface area contributed by atoms with Gasteiger partial charge in [0, 0.05) is 17.3 Å². The number of hydrogen-bond acceptors (Lipinski definition) is 2. The summed E-state index contributed by atoms with van der Waals surface area (Å²) in [4.78, 5) is 14.5. The highest BCUT2D eigenvalue weighted by Gasteiger charge is 2.31. The maximum Gasteiger partial charge on any atom is 0.573 e. The largest absolute Gasteiger partial charge is 0.573 e. The SMILES string of the molecule is CC(C)(C)c1c[nH]c(=O)n1-c1ccc(OC(F)(F)F)cc1. The topological polar surface area (TPSA) is 47.0 Å².